The van der Waals surface area contributed by atoms with E-state index in [9.17, 15) is 4.79 Å². The fourth-order valence-corrected chi connectivity index (χ4v) is 4.32. The Labute approximate surface area is 173 Å². The van der Waals surface area contributed by atoms with Crippen LogP contribution < -0.4 is 15.0 Å². The second-order valence-corrected chi connectivity index (χ2v) is 8.22. The Hall–Kier alpha value is -3.12. The number of methoxy groups -OCH3 is 1. The highest BCUT2D eigenvalue weighted by Gasteiger charge is 2.14. The number of hydrogen-bond acceptors (Lipinski definition) is 5. The van der Waals surface area contributed by atoms with E-state index in [1.165, 1.54) is 16.9 Å². The van der Waals surface area contributed by atoms with Gasteiger partial charge in [-0.2, -0.15) is 0 Å². The molecular weight excluding hydrogens is 384 g/mol. The summed E-state index contributed by atoms with van der Waals surface area (Å²) < 4.78 is 11.5. The van der Waals surface area contributed by atoms with Gasteiger partial charge in [-0.1, -0.05) is 29.8 Å². The molecule has 0 amide bonds. The third-order valence-corrected chi connectivity index (χ3v) is 6.05. The van der Waals surface area contributed by atoms with Gasteiger partial charge in [0.05, 0.1) is 12.5 Å². The Morgan fingerprint density at radius 3 is 2.66 bits per heavy atom. The predicted molar refractivity (Wildman–Crippen MR) is 117 cm³/mol. The summed E-state index contributed by atoms with van der Waals surface area (Å²) >= 11 is 1.53. The minimum absolute atomic E-state index is 0.120. The Morgan fingerprint density at radius 2 is 1.90 bits per heavy atom. The van der Waals surface area contributed by atoms with Gasteiger partial charge in [0.2, 0.25) is 0 Å². The molecule has 0 aliphatic heterocycles. The number of aryl methyl sites for hydroxylation is 3. The lowest BCUT2D eigenvalue weighted by Crippen LogP contribution is -2.09. The molecule has 0 unspecified atom stereocenters. The van der Waals surface area contributed by atoms with Crippen molar-refractivity contribution in [2.75, 3.05) is 7.11 Å². The first-order valence-electron chi connectivity index (χ1n) is 9.33. The Kier molecular flexibility index (Phi) is 5.11. The van der Waals surface area contributed by atoms with Crippen LogP contribution in [0.2, 0.25) is 0 Å². The van der Waals surface area contributed by atoms with Crippen LogP contribution in [0, 0.1) is 20.8 Å². The molecule has 0 aliphatic carbocycles. The predicted octanol–water partition coefficient (Wildman–Crippen LogP) is 5.16. The van der Waals surface area contributed by atoms with Crippen molar-refractivity contribution in [3.05, 3.63) is 74.4 Å². The number of rotatable bonds is 5. The number of nitrogens with zero attached hydrogens (tertiary/aromatic N) is 1. The van der Waals surface area contributed by atoms with Crippen LogP contribution in [0.3, 0.4) is 0 Å². The van der Waals surface area contributed by atoms with Gasteiger partial charge in [-0.15, -0.1) is 11.3 Å². The van der Waals surface area contributed by atoms with Crippen LogP contribution in [0.5, 0.6) is 11.5 Å². The number of thiophene rings is 1. The summed E-state index contributed by atoms with van der Waals surface area (Å²) in [4.78, 5) is 22.0. The molecule has 1 N–H and O–H groups in total. The molecule has 29 heavy (non-hydrogen) atoms. The summed E-state index contributed by atoms with van der Waals surface area (Å²) in [5.41, 5.74) is 3.93. The van der Waals surface area contributed by atoms with E-state index in [0.717, 1.165) is 26.4 Å². The number of aromatic amines is 1. The topological polar surface area (TPSA) is 64.2 Å². The minimum atomic E-state index is -0.120. The van der Waals surface area contributed by atoms with Crippen LogP contribution in [0.25, 0.3) is 21.6 Å². The van der Waals surface area contributed by atoms with Gasteiger partial charge in [-0.25, -0.2) is 4.98 Å². The summed E-state index contributed by atoms with van der Waals surface area (Å²) in [6, 6.07) is 13.8. The largest absolute Gasteiger partial charge is 0.493 e. The van der Waals surface area contributed by atoms with Gasteiger partial charge >= 0.3 is 0 Å². The lowest BCUT2D eigenvalue weighted by molar-refractivity contribution is 0.284. The normalized spacial score (nSPS) is 11.0. The van der Waals surface area contributed by atoms with Gasteiger partial charge in [-0.3, -0.25) is 4.79 Å². The van der Waals surface area contributed by atoms with Crippen LogP contribution in [-0.2, 0) is 6.61 Å². The van der Waals surface area contributed by atoms with E-state index in [4.69, 9.17) is 9.47 Å². The minimum Gasteiger partial charge on any atom is -0.493 e. The first kappa shape index (κ1) is 19.2. The van der Waals surface area contributed by atoms with E-state index in [-0.39, 0.29) is 5.56 Å². The number of H-pyrrole nitrogens is 1. The van der Waals surface area contributed by atoms with Crippen molar-refractivity contribution in [3.8, 4) is 22.9 Å². The molecule has 5 nitrogen and oxygen atoms in total. The van der Waals surface area contributed by atoms with E-state index in [1.807, 2.05) is 44.2 Å². The zero-order chi connectivity index (χ0) is 20.5. The summed E-state index contributed by atoms with van der Waals surface area (Å²) in [5.74, 6) is 1.76. The highest BCUT2D eigenvalue weighted by molar-refractivity contribution is 7.18. The Balaban J connectivity index is 1.66. The maximum Gasteiger partial charge on any atom is 0.260 e. The van der Waals surface area contributed by atoms with Crippen molar-refractivity contribution in [2.24, 2.45) is 0 Å². The zero-order valence-electron chi connectivity index (χ0n) is 16.8. The summed E-state index contributed by atoms with van der Waals surface area (Å²) in [7, 11) is 1.60. The van der Waals surface area contributed by atoms with Crippen molar-refractivity contribution in [3.63, 3.8) is 0 Å². The van der Waals surface area contributed by atoms with Crippen LogP contribution >= 0.6 is 11.3 Å². The molecule has 0 saturated heterocycles. The van der Waals surface area contributed by atoms with Crippen molar-refractivity contribution < 1.29 is 9.47 Å². The van der Waals surface area contributed by atoms with E-state index in [0.29, 0.717) is 29.3 Å². The van der Waals surface area contributed by atoms with Gasteiger partial charge < -0.3 is 14.5 Å². The van der Waals surface area contributed by atoms with Crippen LogP contribution in [0.15, 0.2) is 47.3 Å². The van der Waals surface area contributed by atoms with Crippen LogP contribution in [-0.4, -0.2) is 17.1 Å². The van der Waals surface area contributed by atoms with Crippen LogP contribution in [0.4, 0.5) is 0 Å². The van der Waals surface area contributed by atoms with E-state index < -0.39 is 0 Å². The molecule has 148 valence electrons. The summed E-state index contributed by atoms with van der Waals surface area (Å²) in [5, 5.41) is 0.668. The second-order valence-electron chi connectivity index (χ2n) is 7.02. The molecule has 2 aromatic carbocycles. The standard InChI is InChI=1S/C23H22N2O3S/c1-13-6-5-7-16(10-13)12-28-18-9-8-17(11-19(18)27-4)21-24-22(26)20-14(2)15(3)29-23(20)25-21/h5-11H,12H2,1-4H3,(H,24,25,26). The molecule has 0 atom stereocenters. The fourth-order valence-electron chi connectivity index (χ4n) is 3.29. The lowest BCUT2D eigenvalue weighted by Gasteiger charge is -2.12. The number of hydrogen-bond donors (Lipinski definition) is 1. The van der Waals surface area contributed by atoms with E-state index in [1.54, 1.807) is 7.11 Å². The lowest BCUT2D eigenvalue weighted by atomic mass is 10.1. The van der Waals surface area contributed by atoms with Gasteiger partial charge in [0, 0.05) is 10.4 Å². The van der Waals surface area contributed by atoms with E-state index in [2.05, 4.69) is 29.0 Å². The maximum atomic E-state index is 12.6. The first-order valence-corrected chi connectivity index (χ1v) is 10.1. The third-order valence-electron chi connectivity index (χ3n) is 4.95. The molecule has 2 heterocycles. The molecular formula is C23H22N2O3S. The van der Waals surface area contributed by atoms with Gasteiger partial charge in [0.15, 0.2) is 11.5 Å². The number of fused-ring (bicyclic) bond motifs is 1. The molecule has 4 rings (SSSR count). The molecule has 0 saturated carbocycles. The first-order chi connectivity index (χ1) is 14.0. The molecule has 2 aromatic heterocycles. The molecule has 0 spiro atoms. The average Bonchev–Trinajstić information content (AvgIpc) is 3.00. The van der Waals surface area contributed by atoms with Gasteiger partial charge in [0.1, 0.15) is 17.3 Å². The number of aromatic nitrogens is 2. The summed E-state index contributed by atoms with van der Waals surface area (Å²) in [6.07, 6.45) is 0. The number of ether oxygens (including phenoxy) is 2. The van der Waals surface area contributed by atoms with Crippen molar-refractivity contribution in [2.45, 2.75) is 27.4 Å². The van der Waals surface area contributed by atoms with Gasteiger partial charge in [0.25, 0.3) is 5.56 Å². The van der Waals surface area contributed by atoms with Gasteiger partial charge in [-0.05, 0) is 50.1 Å². The fraction of sp³-hybridized carbons (Fsp3) is 0.217. The molecule has 0 fully saturated rings. The molecule has 0 aliphatic rings. The number of nitrogens with one attached hydrogen (secondary N) is 1. The number of benzene rings is 2. The second kappa shape index (κ2) is 7.72. The molecule has 0 radical (unpaired) electrons. The maximum absolute atomic E-state index is 12.6. The molecule has 4 aromatic rings. The Morgan fingerprint density at radius 1 is 1.07 bits per heavy atom. The summed E-state index contributed by atoms with van der Waals surface area (Å²) in [6.45, 7) is 6.46. The zero-order valence-corrected chi connectivity index (χ0v) is 17.6. The van der Waals surface area contributed by atoms with E-state index >= 15 is 0 Å². The molecule has 0 bridgehead atoms. The SMILES string of the molecule is COc1cc(-c2nc3sc(C)c(C)c3c(=O)[nH]2)ccc1OCc1cccc(C)c1. The smallest absolute Gasteiger partial charge is 0.260 e. The van der Waals surface area contributed by atoms with Crippen molar-refractivity contribution in [1.82, 2.24) is 9.97 Å². The highest BCUT2D eigenvalue weighted by atomic mass is 32.1. The average molecular weight is 407 g/mol. The van der Waals surface area contributed by atoms with Crippen LogP contribution in [0.1, 0.15) is 21.6 Å². The van der Waals surface area contributed by atoms with Crippen molar-refractivity contribution in [1.29, 1.82) is 0 Å². The molecule has 6 heteroatoms. The Bertz CT molecular complexity index is 1260. The highest BCUT2D eigenvalue weighted by Crippen LogP contribution is 2.33. The van der Waals surface area contributed by atoms with Crippen molar-refractivity contribution >= 4 is 21.6 Å². The monoisotopic (exact) mass is 406 g/mol. The third kappa shape index (κ3) is 3.76. The quantitative estimate of drug-likeness (QED) is 0.497.